The van der Waals surface area contributed by atoms with Crippen molar-refractivity contribution < 1.29 is 0 Å². The summed E-state index contributed by atoms with van der Waals surface area (Å²) in [7, 11) is 0. The lowest BCUT2D eigenvalue weighted by molar-refractivity contribution is 0.568. The van der Waals surface area contributed by atoms with E-state index in [2.05, 4.69) is 48.0 Å². The Morgan fingerprint density at radius 3 is 2.50 bits per heavy atom. The van der Waals surface area contributed by atoms with E-state index in [4.69, 9.17) is 0 Å². The van der Waals surface area contributed by atoms with Gasteiger partial charge in [0.15, 0.2) is 5.82 Å². The van der Waals surface area contributed by atoms with E-state index in [-0.39, 0.29) is 5.41 Å². The van der Waals surface area contributed by atoms with Crippen molar-refractivity contribution in [2.24, 2.45) is 0 Å². The Bertz CT molecular complexity index is 584. The number of nitrogens with one attached hydrogen (secondary N) is 1. The summed E-state index contributed by atoms with van der Waals surface area (Å²) in [5.41, 5.74) is 1.88. The fraction of sp³-hybridized carbons (Fsp3) is 0.533. The maximum atomic E-state index is 4.69. The molecule has 2 aromatic rings. The average molecular weight is 290 g/mol. The average Bonchev–Trinajstić information content (AvgIpc) is 2.82. The number of hydrogen-bond acceptors (Lipinski definition) is 5. The molecule has 0 atom stereocenters. The molecule has 0 unspecified atom stereocenters. The number of aryl methyl sites for hydroxylation is 1. The molecule has 0 spiro atoms. The van der Waals surface area contributed by atoms with Gasteiger partial charge in [-0.1, -0.05) is 27.7 Å². The van der Waals surface area contributed by atoms with Crippen molar-refractivity contribution in [3.05, 3.63) is 22.1 Å². The number of aromatic nitrogens is 3. The fourth-order valence-electron chi connectivity index (χ4n) is 1.76. The van der Waals surface area contributed by atoms with Crippen molar-refractivity contribution in [1.29, 1.82) is 0 Å². The van der Waals surface area contributed by atoms with Crippen LogP contribution in [0.25, 0.3) is 11.5 Å². The molecular formula is C15H22N4S. The van der Waals surface area contributed by atoms with Crippen LogP contribution in [0.15, 0.2) is 11.4 Å². The Hall–Kier alpha value is -1.49. The standard InChI is InChI=1S/C15H22N4S/c1-6-7-16-13-8-12(15(3,4)5)18-14(19-13)11-9-20-10(2)17-11/h8-9H,6-7H2,1-5H3,(H,16,18,19). The van der Waals surface area contributed by atoms with Gasteiger partial charge in [-0.15, -0.1) is 11.3 Å². The van der Waals surface area contributed by atoms with Gasteiger partial charge in [-0.3, -0.25) is 0 Å². The lowest BCUT2D eigenvalue weighted by atomic mass is 9.92. The molecule has 2 rings (SSSR count). The molecule has 0 aliphatic heterocycles. The SMILES string of the molecule is CCCNc1cc(C(C)(C)C)nc(-c2csc(C)n2)n1. The van der Waals surface area contributed by atoms with E-state index in [1.54, 1.807) is 11.3 Å². The summed E-state index contributed by atoms with van der Waals surface area (Å²) in [6, 6.07) is 2.04. The minimum atomic E-state index is -0.00853. The van der Waals surface area contributed by atoms with Gasteiger partial charge < -0.3 is 5.32 Å². The van der Waals surface area contributed by atoms with Crippen LogP contribution in [0.1, 0.15) is 44.8 Å². The predicted octanol–water partition coefficient (Wildman–Crippen LogP) is 4.03. The topological polar surface area (TPSA) is 50.7 Å². The van der Waals surface area contributed by atoms with Crippen LogP contribution in [0, 0.1) is 6.92 Å². The Labute approximate surface area is 124 Å². The minimum absolute atomic E-state index is 0.00853. The Balaban J connectivity index is 2.45. The van der Waals surface area contributed by atoms with Crippen molar-refractivity contribution in [2.45, 2.75) is 46.5 Å². The molecule has 0 aromatic carbocycles. The van der Waals surface area contributed by atoms with Crippen molar-refractivity contribution in [1.82, 2.24) is 15.0 Å². The van der Waals surface area contributed by atoms with Gasteiger partial charge in [0.1, 0.15) is 11.5 Å². The highest BCUT2D eigenvalue weighted by molar-refractivity contribution is 7.09. The second kappa shape index (κ2) is 5.87. The molecule has 1 N–H and O–H groups in total. The Morgan fingerprint density at radius 2 is 1.95 bits per heavy atom. The quantitative estimate of drug-likeness (QED) is 0.923. The number of anilines is 1. The van der Waals surface area contributed by atoms with Crippen molar-refractivity contribution >= 4 is 17.2 Å². The maximum Gasteiger partial charge on any atom is 0.181 e. The summed E-state index contributed by atoms with van der Waals surface area (Å²) in [4.78, 5) is 13.8. The molecule has 0 aliphatic carbocycles. The van der Waals surface area contributed by atoms with Crippen LogP contribution in [-0.4, -0.2) is 21.5 Å². The van der Waals surface area contributed by atoms with Crippen LogP contribution in [0.5, 0.6) is 0 Å². The van der Waals surface area contributed by atoms with Crippen molar-refractivity contribution in [3.8, 4) is 11.5 Å². The van der Waals surface area contributed by atoms with Gasteiger partial charge >= 0.3 is 0 Å². The Morgan fingerprint density at radius 1 is 1.20 bits per heavy atom. The molecule has 2 heterocycles. The number of rotatable bonds is 4. The summed E-state index contributed by atoms with van der Waals surface area (Å²) < 4.78 is 0. The van der Waals surface area contributed by atoms with Crippen LogP contribution in [0.4, 0.5) is 5.82 Å². The molecule has 2 aromatic heterocycles. The third kappa shape index (κ3) is 3.54. The first kappa shape index (κ1) is 14.9. The number of thiazole rings is 1. The first-order chi connectivity index (χ1) is 9.40. The third-order valence-corrected chi connectivity index (χ3v) is 3.67. The fourth-order valence-corrected chi connectivity index (χ4v) is 2.35. The molecule has 4 nitrogen and oxygen atoms in total. The molecule has 0 radical (unpaired) electrons. The van der Waals surface area contributed by atoms with Gasteiger partial charge in [0.05, 0.1) is 10.7 Å². The molecule has 0 saturated heterocycles. The van der Waals surface area contributed by atoms with Crippen LogP contribution in [0.2, 0.25) is 0 Å². The lowest BCUT2D eigenvalue weighted by Crippen LogP contribution is -2.16. The van der Waals surface area contributed by atoms with Gasteiger partial charge in [-0.2, -0.15) is 0 Å². The molecule has 108 valence electrons. The van der Waals surface area contributed by atoms with E-state index in [0.717, 1.165) is 35.2 Å². The van der Waals surface area contributed by atoms with Crippen LogP contribution in [0.3, 0.4) is 0 Å². The van der Waals surface area contributed by atoms with E-state index >= 15 is 0 Å². The van der Waals surface area contributed by atoms with Crippen LogP contribution < -0.4 is 5.32 Å². The summed E-state index contributed by atoms with van der Waals surface area (Å²) in [6.07, 6.45) is 1.07. The zero-order chi connectivity index (χ0) is 14.8. The zero-order valence-electron chi connectivity index (χ0n) is 12.8. The monoisotopic (exact) mass is 290 g/mol. The lowest BCUT2D eigenvalue weighted by Gasteiger charge is -2.19. The van der Waals surface area contributed by atoms with Crippen molar-refractivity contribution in [3.63, 3.8) is 0 Å². The first-order valence-corrected chi connectivity index (χ1v) is 7.84. The van der Waals surface area contributed by atoms with E-state index < -0.39 is 0 Å². The highest BCUT2D eigenvalue weighted by atomic mass is 32.1. The molecule has 20 heavy (non-hydrogen) atoms. The molecule has 0 fully saturated rings. The number of hydrogen-bond donors (Lipinski definition) is 1. The highest BCUT2D eigenvalue weighted by Crippen LogP contribution is 2.26. The van der Waals surface area contributed by atoms with Crippen LogP contribution >= 0.6 is 11.3 Å². The molecule has 0 bridgehead atoms. The predicted molar refractivity (Wildman–Crippen MR) is 85.4 cm³/mol. The van der Waals surface area contributed by atoms with Gasteiger partial charge in [-0.05, 0) is 13.3 Å². The second-order valence-corrected chi connectivity index (χ2v) is 6.95. The second-order valence-electron chi connectivity index (χ2n) is 5.89. The minimum Gasteiger partial charge on any atom is -0.370 e. The highest BCUT2D eigenvalue weighted by Gasteiger charge is 2.19. The van der Waals surface area contributed by atoms with E-state index in [1.807, 2.05) is 18.4 Å². The summed E-state index contributed by atoms with van der Waals surface area (Å²) in [5.74, 6) is 1.59. The molecular weight excluding hydrogens is 268 g/mol. The third-order valence-electron chi connectivity index (χ3n) is 2.90. The van der Waals surface area contributed by atoms with Gasteiger partial charge in [-0.25, -0.2) is 15.0 Å². The van der Waals surface area contributed by atoms with E-state index in [1.165, 1.54) is 0 Å². The summed E-state index contributed by atoms with van der Waals surface area (Å²) >= 11 is 1.62. The largest absolute Gasteiger partial charge is 0.370 e. The smallest absolute Gasteiger partial charge is 0.181 e. The van der Waals surface area contributed by atoms with E-state index in [9.17, 15) is 0 Å². The van der Waals surface area contributed by atoms with Gasteiger partial charge in [0.25, 0.3) is 0 Å². The maximum absolute atomic E-state index is 4.69. The molecule has 0 saturated carbocycles. The first-order valence-electron chi connectivity index (χ1n) is 6.96. The molecule has 5 heteroatoms. The molecule has 0 aliphatic rings. The zero-order valence-corrected chi connectivity index (χ0v) is 13.6. The normalized spacial score (nSPS) is 11.7. The Kier molecular flexibility index (Phi) is 4.38. The van der Waals surface area contributed by atoms with Gasteiger partial charge in [0.2, 0.25) is 0 Å². The van der Waals surface area contributed by atoms with Crippen LogP contribution in [-0.2, 0) is 5.41 Å². The summed E-state index contributed by atoms with van der Waals surface area (Å²) in [6.45, 7) is 11.5. The molecule has 0 amide bonds. The van der Waals surface area contributed by atoms with E-state index in [0.29, 0.717) is 5.82 Å². The van der Waals surface area contributed by atoms with Gasteiger partial charge in [0, 0.05) is 23.4 Å². The number of nitrogens with zero attached hydrogens (tertiary/aromatic N) is 3. The summed E-state index contributed by atoms with van der Waals surface area (Å²) in [5, 5.41) is 6.40. The van der Waals surface area contributed by atoms with Crippen molar-refractivity contribution in [2.75, 3.05) is 11.9 Å².